The Balaban J connectivity index is 1.33. The van der Waals surface area contributed by atoms with Crippen LogP contribution in [0.5, 0.6) is 11.5 Å². The summed E-state index contributed by atoms with van der Waals surface area (Å²) in [6, 6.07) is 73.0. The van der Waals surface area contributed by atoms with Crippen LogP contribution in [0, 0.1) is 22.7 Å². The first-order valence-electron chi connectivity index (χ1n) is 23.5. The first-order valence-corrected chi connectivity index (χ1v) is 23.5. The number of ether oxygens (including phenoxy) is 1. The number of hydrogen-bond acceptors (Lipinski definition) is 4. The molecular weight excluding hydrogens is 841 g/mol. The lowest BCUT2D eigenvalue weighted by Gasteiger charge is -2.36. The molecule has 0 bridgehead atoms. The summed E-state index contributed by atoms with van der Waals surface area (Å²) in [4.78, 5) is 2.40. The number of rotatable bonds is 6. The molecule has 1 aliphatic heterocycles. The lowest BCUT2D eigenvalue weighted by atomic mass is 9.86. The monoisotopic (exact) mass is 890 g/mol. The van der Waals surface area contributed by atoms with Crippen molar-refractivity contribution >= 4 is 38.9 Å². The predicted molar refractivity (Wildman–Crippen MR) is 284 cm³/mol. The molecular formula is C64H50N4O. The topological polar surface area (TPSA) is 65.0 Å². The normalized spacial score (nSPS) is 12.3. The van der Waals surface area contributed by atoms with Crippen LogP contribution in [0.15, 0.2) is 194 Å². The number of hydrogen-bond donors (Lipinski definition) is 0. The van der Waals surface area contributed by atoms with Gasteiger partial charge < -0.3 is 14.2 Å². The molecule has 0 amide bonds. The quantitative estimate of drug-likeness (QED) is 0.167. The van der Waals surface area contributed by atoms with Gasteiger partial charge in [-0.2, -0.15) is 10.5 Å². The van der Waals surface area contributed by atoms with E-state index < -0.39 is 0 Å². The predicted octanol–water partition coefficient (Wildman–Crippen LogP) is 17.4. The minimum Gasteiger partial charge on any atom is -0.453 e. The van der Waals surface area contributed by atoms with E-state index in [9.17, 15) is 10.5 Å². The standard InChI is InChI=1S/C64H50N4O/c1-63(2,3)49-27-29-51-52-30-28-50(64(4,5)6)36-56(52)67(55(51)35-49)57-37-53(45-21-17-41(39-65)18-22-45)54(46-23-19-42(40-66)20-24-46)38-58(57)68-59-33-47(43-13-9-7-10-14-43)25-31-61(59)69-62-32-26-48(34-60(62)68)44-15-11-8-12-16-44/h7-38H,1-6H3. The van der Waals surface area contributed by atoms with E-state index in [0.717, 1.165) is 89.8 Å². The molecule has 0 radical (unpaired) electrons. The Hall–Kier alpha value is -8.64. The van der Waals surface area contributed by atoms with E-state index in [1.165, 1.54) is 21.9 Å². The van der Waals surface area contributed by atoms with Crippen LogP contribution in [0.3, 0.4) is 0 Å². The number of aromatic nitrogens is 1. The number of benzene rings is 9. The maximum atomic E-state index is 9.95. The molecule has 0 unspecified atom stereocenters. The van der Waals surface area contributed by atoms with E-state index in [1.54, 1.807) is 0 Å². The van der Waals surface area contributed by atoms with Gasteiger partial charge in [0.2, 0.25) is 0 Å². The highest BCUT2D eigenvalue weighted by Crippen LogP contribution is 2.56. The summed E-state index contributed by atoms with van der Waals surface area (Å²) in [6.07, 6.45) is 0. The van der Waals surface area contributed by atoms with Crippen molar-refractivity contribution < 1.29 is 4.74 Å². The molecule has 0 spiro atoms. The average molecular weight is 891 g/mol. The minimum atomic E-state index is -0.119. The van der Waals surface area contributed by atoms with Gasteiger partial charge in [0.05, 0.1) is 57.0 Å². The van der Waals surface area contributed by atoms with Crippen molar-refractivity contribution in [1.82, 2.24) is 4.57 Å². The van der Waals surface area contributed by atoms with Crippen molar-refractivity contribution in [2.75, 3.05) is 4.90 Å². The van der Waals surface area contributed by atoms with E-state index in [2.05, 4.69) is 197 Å². The highest BCUT2D eigenvalue weighted by atomic mass is 16.5. The Kier molecular flexibility index (Phi) is 10.3. The zero-order valence-electron chi connectivity index (χ0n) is 39.7. The van der Waals surface area contributed by atoms with Crippen LogP contribution in [-0.2, 0) is 10.8 Å². The smallest absolute Gasteiger partial charge is 0.151 e. The number of nitriles is 2. The number of anilines is 3. The first-order chi connectivity index (χ1) is 33.4. The van der Waals surface area contributed by atoms with Crippen LogP contribution in [0.4, 0.5) is 17.1 Å². The van der Waals surface area contributed by atoms with Gasteiger partial charge in [0.25, 0.3) is 0 Å². The average Bonchev–Trinajstić information content (AvgIpc) is 3.70. The maximum Gasteiger partial charge on any atom is 0.151 e. The summed E-state index contributed by atoms with van der Waals surface area (Å²) >= 11 is 0. The molecule has 10 aromatic rings. The molecule has 0 N–H and O–H groups in total. The van der Waals surface area contributed by atoms with Gasteiger partial charge >= 0.3 is 0 Å². The Morgan fingerprint density at radius 2 is 0.783 bits per heavy atom. The van der Waals surface area contributed by atoms with Gasteiger partial charge in [-0.15, -0.1) is 0 Å². The fraction of sp³-hybridized carbons (Fsp3) is 0.125. The molecule has 0 saturated heterocycles. The zero-order chi connectivity index (χ0) is 47.6. The van der Waals surface area contributed by atoms with Gasteiger partial charge in [0.1, 0.15) is 0 Å². The Bertz CT molecular complexity index is 3550. The fourth-order valence-corrected chi connectivity index (χ4v) is 9.76. The van der Waals surface area contributed by atoms with Gasteiger partial charge in [-0.05, 0) is 139 Å². The summed E-state index contributed by atoms with van der Waals surface area (Å²) < 4.78 is 9.42. The lowest BCUT2D eigenvalue weighted by molar-refractivity contribution is 0.477. The van der Waals surface area contributed by atoms with E-state index in [-0.39, 0.29) is 10.8 Å². The van der Waals surface area contributed by atoms with Gasteiger partial charge in [-0.1, -0.05) is 163 Å². The second kappa shape index (κ2) is 16.6. The summed E-state index contributed by atoms with van der Waals surface area (Å²) in [7, 11) is 0. The van der Waals surface area contributed by atoms with Crippen LogP contribution in [0.25, 0.3) is 72.0 Å². The fourth-order valence-electron chi connectivity index (χ4n) is 9.76. The highest BCUT2D eigenvalue weighted by Gasteiger charge is 2.32. The molecule has 0 fully saturated rings. The zero-order valence-corrected chi connectivity index (χ0v) is 39.7. The van der Waals surface area contributed by atoms with Crippen molar-refractivity contribution in [1.29, 1.82) is 10.5 Å². The van der Waals surface area contributed by atoms with Crippen molar-refractivity contribution in [3.63, 3.8) is 0 Å². The van der Waals surface area contributed by atoms with Crippen molar-refractivity contribution in [2.24, 2.45) is 0 Å². The van der Waals surface area contributed by atoms with Gasteiger partial charge in [-0.25, -0.2) is 0 Å². The minimum absolute atomic E-state index is 0.119. The maximum absolute atomic E-state index is 9.95. The second-order valence-corrected chi connectivity index (χ2v) is 20.1. The molecule has 11 rings (SSSR count). The first kappa shape index (κ1) is 43.0. The van der Waals surface area contributed by atoms with Gasteiger partial charge in [-0.3, -0.25) is 0 Å². The van der Waals surface area contributed by atoms with E-state index >= 15 is 0 Å². The Morgan fingerprint density at radius 3 is 1.19 bits per heavy atom. The van der Waals surface area contributed by atoms with E-state index in [4.69, 9.17) is 4.74 Å². The Morgan fingerprint density at radius 1 is 0.377 bits per heavy atom. The van der Waals surface area contributed by atoms with Crippen LogP contribution >= 0.6 is 0 Å². The lowest BCUT2D eigenvalue weighted by Crippen LogP contribution is -2.18. The molecule has 5 heteroatoms. The number of fused-ring (bicyclic) bond motifs is 5. The largest absolute Gasteiger partial charge is 0.453 e. The molecule has 332 valence electrons. The molecule has 0 atom stereocenters. The third-order valence-electron chi connectivity index (χ3n) is 13.6. The van der Waals surface area contributed by atoms with E-state index in [1.807, 2.05) is 60.7 Å². The van der Waals surface area contributed by atoms with Gasteiger partial charge in [0.15, 0.2) is 11.5 Å². The summed E-state index contributed by atoms with van der Waals surface area (Å²) in [5, 5.41) is 22.2. The van der Waals surface area contributed by atoms with Gasteiger partial charge in [0, 0.05) is 10.8 Å². The summed E-state index contributed by atoms with van der Waals surface area (Å²) in [5.41, 5.74) is 17.5. The van der Waals surface area contributed by atoms with Crippen molar-refractivity contribution in [3.8, 4) is 73.8 Å². The molecule has 5 nitrogen and oxygen atoms in total. The molecule has 0 saturated carbocycles. The van der Waals surface area contributed by atoms with Crippen LogP contribution in [-0.4, -0.2) is 4.57 Å². The van der Waals surface area contributed by atoms with Crippen molar-refractivity contribution in [3.05, 3.63) is 216 Å². The highest BCUT2D eigenvalue weighted by molar-refractivity contribution is 6.11. The van der Waals surface area contributed by atoms with Crippen LogP contribution in [0.2, 0.25) is 0 Å². The number of nitrogens with zero attached hydrogens (tertiary/aromatic N) is 4. The van der Waals surface area contributed by atoms with E-state index in [0.29, 0.717) is 11.1 Å². The van der Waals surface area contributed by atoms with Crippen molar-refractivity contribution in [2.45, 2.75) is 52.4 Å². The summed E-state index contributed by atoms with van der Waals surface area (Å²) in [5.74, 6) is 1.48. The Labute approximate surface area is 404 Å². The third-order valence-corrected chi connectivity index (χ3v) is 13.6. The molecule has 2 heterocycles. The third kappa shape index (κ3) is 7.69. The van der Waals surface area contributed by atoms with Crippen LogP contribution < -0.4 is 9.64 Å². The molecule has 69 heavy (non-hydrogen) atoms. The molecule has 1 aliphatic rings. The molecule has 9 aromatic carbocycles. The molecule has 1 aromatic heterocycles. The SMILES string of the molecule is CC(C)(C)c1ccc2c3ccc(C(C)(C)C)cc3n(-c3cc(-c4ccc(C#N)cc4)c(-c4ccc(C#N)cc4)cc3N3c4cc(-c5ccccc5)ccc4Oc4ccc(-c5ccccc5)cc43)c2c1. The van der Waals surface area contributed by atoms with Crippen LogP contribution in [0.1, 0.15) is 63.8 Å². The summed E-state index contributed by atoms with van der Waals surface area (Å²) in [6.45, 7) is 13.6. The second-order valence-electron chi connectivity index (χ2n) is 20.1. The molecule has 0 aliphatic carbocycles.